The fourth-order valence-electron chi connectivity index (χ4n) is 1.98. The largest absolute Gasteiger partial charge is 0.416 e. The van der Waals surface area contributed by atoms with Crippen LogP contribution in [-0.4, -0.2) is 22.6 Å². The Morgan fingerprint density at radius 3 is 2.16 bits per heavy atom. The van der Waals surface area contributed by atoms with E-state index in [2.05, 4.69) is 34.7 Å². The Kier molecular flexibility index (Phi) is 5.95. The van der Waals surface area contributed by atoms with Crippen molar-refractivity contribution >= 4 is 17.5 Å². The van der Waals surface area contributed by atoms with Gasteiger partial charge in [-0.15, -0.1) is 10.2 Å². The van der Waals surface area contributed by atoms with E-state index in [1.807, 2.05) is 0 Å². The first kappa shape index (κ1) is 18.7. The molecule has 0 aliphatic heterocycles. The zero-order valence-electron chi connectivity index (χ0n) is 13.9. The third-order valence-electron chi connectivity index (χ3n) is 3.41. The molecule has 0 saturated carbocycles. The number of carbonyl (C=O) groups excluding carboxylic acids is 1. The maximum absolute atomic E-state index is 12.5. The molecule has 0 bridgehead atoms. The summed E-state index contributed by atoms with van der Waals surface area (Å²) in [4.78, 5) is 12.0. The minimum Gasteiger partial charge on any atom is -0.369 e. The number of rotatable bonds is 6. The smallest absolute Gasteiger partial charge is 0.369 e. The molecule has 0 aliphatic rings. The van der Waals surface area contributed by atoms with Crippen molar-refractivity contribution in [2.24, 2.45) is 5.92 Å². The molecule has 8 heteroatoms. The van der Waals surface area contributed by atoms with Crippen LogP contribution in [0.5, 0.6) is 0 Å². The highest BCUT2D eigenvalue weighted by molar-refractivity contribution is 6.03. The fourth-order valence-corrected chi connectivity index (χ4v) is 1.98. The summed E-state index contributed by atoms with van der Waals surface area (Å²) in [6.45, 7) is 5.00. The van der Waals surface area contributed by atoms with Crippen molar-refractivity contribution in [3.05, 3.63) is 47.5 Å². The Morgan fingerprint density at radius 1 is 1.04 bits per heavy atom. The van der Waals surface area contributed by atoms with E-state index in [1.165, 1.54) is 0 Å². The Morgan fingerprint density at radius 2 is 1.64 bits per heavy atom. The van der Waals surface area contributed by atoms with E-state index in [0.717, 1.165) is 37.2 Å². The zero-order valence-corrected chi connectivity index (χ0v) is 13.9. The van der Waals surface area contributed by atoms with Crippen molar-refractivity contribution in [3.63, 3.8) is 0 Å². The van der Waals surface area contributed by atoms with Crippen LogP contribution in [0.2, 0.25) is 0 Å². The number of alkyl halides is 3. The number of nitrogens with one attached hydrogen (secondary N) is 2. The number of anilines is 2. The first-order valence-corrected chi connectivity index (χ1v) is 7.82. The Balaban J connectivity index is 1.94. The molecule has 5 nitrogen and oxygen atoms in total. The van der Waals surface area contributed by atoms with Crippen molar-refractivity contribution in [2.45, 2.75) is 26.4 Å². The molecule has 1 aromatic carbocycles. The maximum atomic E-state index is 12.5. The molecular formula is C17H19F3N4O. The summed E-state index contributed by atoms with van der Waals surface area (Å²) in [6, 6.07) is 7.22. The second-order valence-corrected chi connectivity index (χ2v) is 5.94. The fraction of sp³-hybridized carbons (Fsp3) is 0.353. The van der Waals surface area contributed by atoms with Crippen LogP contribution < -0.4 is 10.6 Å². The van der Waals surface area contributed by atoms with Crippen LogP contribution in [-0.2, 0) is 6.18 Å². The maximum Gasteiger partial charge on any atom is 0.416 e. The molecule has 0 aliphatic carbocycles. The van der Waals surface area contributed by atoms with E-state index in [1.54, 1.807) is 12.1 Å². The molecular weight excluding hydrogens is 333 g/mol. The van der Waals surface area contributed by atoms with Crippen LogP contribution in [0.3, 0.4) is 0 Å². The Hall–Kier alpha value is -2.64. The molecule has 0 fully saturated rings. The van der Waals surface area contributed by atoms with Crippen LogP contribution in [0, 0.1) is 5.92 Å². The van der Waals surface area contributed by atoms with Gasteiger partial charge in [-0.05, 0) is 48.7 Å². The summed E-state index contributed by atoms with van der Waals surface area (Å²) in [7, 11) is 0. The number of aromatic nitrogens is 2. The van der Waals surface area contributed by atoms with Gasteiger partial charge in [-0.2, -0.15) is 13.2 Å². The minimum absolute atomic E-state index is 0.105. The average Bonchev–Trinajstić information content (AvgIpc) is 2.55. The van der Waals surface area contributed by atoms with Crippen molar-refractivity contribution in [3.8, 4) is 0 Å². The number of benzene rings is 1. The van der Waals surface area contributed by atoms with Crippen LogP contribution >= 0.6 is 0 Å². The lowest BCUT2D eigenvalue weighted by Gasteiger charge is -2.09. The van der Waals surface area contributed by atoms with E-state index >= 15 is 0 Å². The summed E-state index contributed by atoms with van der Waals surface area (Å²) < 4.78 is 37.5. The van der Waals surface area contributed by atoms with Gasteiger partial charge in [0.2, 0.25) is 0 Å². The van der Waals surface area contributed by atoms with E-state index in [9.17, 15) is 18.0 Å². The lowest BCUT2D eigenvalue weighted by molar-refractivity contribution is -0.137. The molecule has 1 aromatic heterocycles. The van der Waals surface area contributed by atoms with Gasteiger partial charge in [-0.1, -0.05) is 13.8 Å². The summed E-state index contributed by atoms with van der Waals surface area (Å²) in [5.74, 6) is 0.832. The number of hydrogen-bond donors (Lipinski definition) is 2. The van der Waals surface area contributed by atoms with Gasteiger partial charge in [0.25, 0.3) is 5.91 Å². The molecule has 1 heterocycles. The predicted octanol–water partition coefficient (Wildman–Crippen LogP) is 4.21. The van der Waals surface area contributed by atoms with Gasteiger partial charge < -0.3 is 10.6 Å². The quantitative estimate of drug-likeness (QED) is 0.817. The van der Waals surface area contributed by atoms with E-state index < -0.39 is 17.6 Å². The lowest BCUT2D eigenvalue weighted by Crippen LogP contribution is -2.14. The molecule has 0 spiro atoms. The summed E-state index contributed by atoms with van der Waals surface area (Å²) in [5, 5.41) is 13.4. The van der Waals surface area contributed by atoms with Gasteiger partial charge in [0.1, 0.15) is 5.82 Å². The highest BCUT2D eigenvalue weighted by Gasteiger charge is 2.30. The second-order valence-electron chi connectivity index (χ2n) is 5.94. The summed E-state index contributed by atoms with van der Waals surface area (Å²) in [6.07, 6.45) is -3.44. The van der Waals surface area contributed by atoms with Gasteiger partial charge in [0.05, 0.1) is 5.56 Å². The molecule has 134 valence electrons. The molecule has 25 heavy (non-hydrogen) atoms. The first-order chi connectivity index (χ1) is 11.8. The van der Waals surface area contributed by atoms with Crippen molar-refractivity contribution in [1.29, 1.82) is 0 Å². The molecule has 2 rings (SSSR count). The van der Waals surface area contributed by atoms with Crippen molar-refractivity contribution in [2.75, 3.05) is 17.2 Å². The SMILES string of the molecule is CC(C)CCNc1ccc(NC(=O)c2ccc(C(F)(F)F)cc2)nn1. The van der Waals surface area contributed by atoms with E-state index in [0.29, 0.717) is 11.7 Å². The predicted molar refractivity (Wildman–Crippen MR) is 89.4 cm³/mol. The molecule has 0 unspecified atom stereocenters. The number of nitrogens with zero attached hydrogens (tertiary/aromatic N) is 2. The normalized spacial score (nSPS) is 11.4. The van der Waals surface area contributed by atoms with Crippen LogP contribution in [0.15, 0.2) is 36.4 Å². The van der Waals surface area contributed by atoms with Gasteiger partial charge in [0.15, 0.2) is 5.82 Å². The topological polar surface area (TPSA) is 66.9 Å². The first-order valence-electron chi connectivity index (χ1n) is 7.82. The van der Waals surface area contributed by atoms with Crippen LogP contribution in [0.25, 0.3) is 0 Å². The highest BCUT2D eigenvalue weighted by atomic mass is 19.4. The monoisotopic (exact) mass is 352 g/mol. The van der Waals surface area contributed by atoms with Gasteiger partial charge in [-0.3, -0.25) is 4.79 Å². The zero-order chi connectivity index (χ0) is 18.4. The van der Waals surface area contributed by atoms with E-state index in [4.69, 9.17) is 0 Å². The molecule has 2 aromatic rings. The number of hydrogen-bond acceptors (Lipinski definition) is 4. The lowest BCUT2D eigenvalue weighted by atomic mass is 10.1. The number of amides is 1. The third-order valence-corrected chi connectivity index (χ3v) is 3.41. The molecule has 0 radical (unpaired) electrons. The van der Waals surface area contributed by atoms with Crippen LogP contribution in [0.1, 0.15) is 36.2 Å². The molecule has 1 amide bonds. The van der Waals surface area contributed by atoms with Crippen molar-refractivity contribution < 1.29 is 18.0 Å². The van der Waals surface area contributed by atoms with Gasteiger partial charge >= 0.3 is 6.18 Å². The number of carbonyl (C=O) groups is 1. The average molecular weight is 352 g/mol. The molecule has 0 atom stereocenters. The standard InChI is InChI=1S/C17H19F3N4O/c1-11(2)9-10-21-14-7-8-15(24-23-14)22-16(25)12-3-5-13(6-4-12)17(18,19)20/h3-8,11H,9-10H2,1-2H3,(H,21,23)(H,22,24,25). The molecule has 0 saturated heterocycles. The summed E-state index contributed by atoms with van der Waals surface area (Å²) >= 11 is 0. The minimum atomic E-state index is -4.43. The second kappa shape index (κ2) is 7.96. The third kappa shape index (κ3) is 5.74. The van der Waals surface area contributed by atoms with E-state index in [-0.39, 0.29) is 11.4 Å². The molecule has 2 N–H and O–H groups in total. The van der Waals surface area contributed by atoms with Crippen molar-refractivity contribution in [1.82, 2.24) is 10.2 Å². The Bertz CT molecular complexity index is 697. The highest BCUT2D eigenvalue weighted by Crippen LogP contribution is 2.29. The number of halogens is 3. The van der Waals surface area contributed by atoms with Gasteiger partial charge in [0, 0.05) is 12.1 Å². The summed E-state index contributed by atoms with van der Waals surface area (Å²) in [5.41, 5.74) is -0.699. The van der Waals surface area contributed by atoms with Crippen LogP contribution in [0.4, 0.5) is 24.8 Å². The Labute approximate surface area is 143 Å². The van der Waals surface area contributed by atoms with Gasteiger partial charge in [-0.25, -0.2) is 0 Å².